The minimum atomic E-state index is -0.129. The summed E-state index contributed by atoms with van der Waals surface area (Å²) < 4.78 is 6.03. The molecule has 1 aromatic heterocycles. The number of ketones is 1. The summed E-state index contributed by atoms with van der Waals surface area (Å²) in [6.45, 7) is 0.369. The Morgan fingerprint density at radius 2 is 1.77 bits per heavy atom. The summed E-state index contributed by atoms with van der Waals surface area (Å²) in [6.07, 6.45) is 4.84. The van der Waals surface area contributed by atoms with Crippen LogP contribution in [0.5, 0.6) is 11.5 Å². The maximum atomic E-state index is 13.1. The minimum absolute atomic E-state index is 0.0675. The monoisotopic (exact) mass is 420 g/mol. The summed E-state index contributed by atoms with van der Waals surface area (Å²) in [6, 6.07) is 16.6. The lowest BCUT2D eigenvalue weighted by Crippen LogP contribution is -2.30. The van der Waals surface area contributed by atoms with Crippen LogP contribution in [0.1, 0.15) is 30.4 Å². The fourth-order valence-corrected chi connectivity index (χ4v) is 3.62. The van der Waals surface area contributed by atoms with E-state index in [1.54, 1.807) is 35.5 Å². The first-order chi connectivity index (χ1) is 14.6. The summed E-state index contributed by atoms with van der Waals surface area (Å²) in [4.78, 5) is 31.1. The smallest absolute Gasteiger partial charge is 0.227 e. The van der Waals surface area contributed by atoms with Crippen LogP contribution in [0, 0.1) is 0 Å². The standard InChI is InChI=1S/C24H21ClN2O3/c25-19-6-9-23-21(15-19)27(16-18-3-1-2-4-22(18)30-23)24(29)10-8-20(28)7-5-17-11-13-26-14-12-17/h1-4,6,9,11-15H,5,7-8,10,16H2. The number of fused-ring (bicyclic) bond motifs is 2. The van der Waals surface area contributed by atoms with Gasteiger partial charge in [-0.3, -0.25) is 14.6 Å². The summed E-state index contributed by atoms with van der Waals surface area (Å²) >= 11 is 6.19. The first kappa shape index (κ1) is 20.1. The molecule has 2 heterocycles. The number of hydrogen-bond acceptors (Lipinski definition) is 4. The van der Waals surface area contributed by atoms with E-state index in [1.807, 2.05) is 36.4 Å². The number of pyridine rings is 1. The molecule has 1 aliphatic rings. The zero-order valence-electron chi connectivity index (χ0n) is 16.4. The molecule has 0 saturated carbocycles. The van der Waals surface area contributed by atoms with Gasteiger partial charge in [-0.1, -0.05) is 29.8 Å². The second-order valence-corrected chi connectivity index (χ2v) is 7.63. The van der Waals surface area contributed by atoms with Gasteiger partial charge in [-0.15, -0.1) is 0 Å². The highest BCUT2D eigenvalue weighted by Crippen LogP contribution is 2.40. The molecular formula is C24H21ClN2O3. The quantitative estimate of drug-likeness (QED) is 0.539. The van der Waals surface area contributed by atoms with Gasteiger partial charge in [0.05, 0.1) is 12.2 Å². The Morgan fingerprint density at radius 3 is 2.60 bits per heavy atom. The van der Waals surface area contributed by atoms with E-state index in [4.69, 9.17) is 16.3 Å². The molecule has 3 aromatic rings. The first-order valence-corrected chi connectivity index (χ1v) is 10.2. The van der Waals surface area contributed by atoms with E-state index in [9.17, 15) is 9.59 Å². The fraction of sp³-hybridized carbons (Fsp3) is 0.208. The molecule has 0 radical (unpaired) electrons. The predicted octanol–water partition coefficient (Wildman–Crippen LogP) is 5.36. The molecule has 2 aromatic carbocycles. The Labute approximate surface area is 180 Å². The topological polar surface area (TPSA) is 59.5 Å². The second kappa shape index (κ2) is 9.09. The lowest BCUT2D eigenvalue weighted by molar-refractivity contribution is -0.124. The van der Waals surface area contributed by atoms with Crippen molar-refractivity contribution in [1.82, 2.24) is 4.98 Å². The average Bonchev–Trinajstić information content (AvgIpc) is 2.93. The fourth-order valence-electron chi connectivity index (χ4n) is 3.46. The van der Waals surface area contributed by atoms with Gasteiger partial charge in [-0.2, -0.15) is 0 Å². The van der Waals surface area contributed by atoms with E-state index in [0.29, 0.717) is 41.6 Å². The zero-order valence-corrected chi connectivity index (χ0v) is 17.1. The van der Waals surface area contributed by atoms with Gasteiger partial charge in [0.2, 0.25) is 5.91 Å². The number of Topliss-reactive ketones (excluding diaryl/α,β-unsaturated/α-hetero) is 1. The summed E-state index contributed by atoms with van der Waals surface area (Å²) in [5.41, 5.74) is 2.59. The molecule has 1 amide bonds. The lowest BCUT2D eigenvalue weighted by Gasteiger charge is -2.22. The number of halogens is 1. The Morgan fingerprint density at radius 1 is 0.967 bits per heavy atom. The number of anilines is 1. The molecular weight excluding hydrogens is 400 g/mol. The highest BCUT2D eigenvalue weighted by atomic mass is 35.5. The van der Waals surface area contributed by atoms with Crippen LogP contribution in [-0.4, -0.2) is 16.7 Å². The van der Waals surface area contributed by atoms with E-state index in [1.165, 1.54) is 0 Å². The number of aromatic nitrogens is 1. The molecule has 0 saturated heterocycles. The van der Waals surface area contributed by atoms with E-state index in [-0.39, 0.29) is 24.5 Å². The molecule has 0 fully saturated rings. The molecule has 0 N–H and O–H groups in total. The van der Waals surface area contributed by atoms with Gasteiger partial charge in [0.15, 0.2) is 5.75 Å². The van der Waals surface area contributed by atoms with Crippen LogP contribution < -0.4 is 9.64 Å². The largest absolute Gasteiger partial charge is 0.455 e. The van der Waals surface area contributed by atoms with Gasteiger partial charge in [0.1, 0.15) is 11.5 Å². The Hall–Kier alpha value is -3.18. The van der Waals surface area contributed by atoms with Crippen LogP contribution in [0.25, 0.3) is 0 Å². The van der Waals surface area contributed by atoms with Crippen molar-refractivity contribution in [3.63, 3.8) is 0 Å². The van der Waals surface area contributed by atoms with Crippen molar-refractivity contribution < 1.29 is 14.3 Å². The minimum Gasteiger partial charge on any atom is -0.455 e. The van der Waals surface area contributed by atoms with Crippen molar-refractivity contribution in [1.29, 1.82) is 0 Å². The number of benzene rings is 2. The maximum absolute atomic E-state index is 13.1. The number of carbonyl (C=O) groups excluding carboxylic acids is 2. The van der Waals surface area contributed by atoms with Crippen LogP contribution in [-0.2, 0) is 22.6 Å². The zero-order chi connectivity index (χ0) is 20.9. The van der Waals surface area contributed by atoms with Gasteiger partial charge in [-0.25, -0.2) is 0 Å². The molecule has 0 unspecified atom stereocenters. The first-order valence-electron chi connectivity index (χ1n) is 9.86. The molecule has 30 heavy (non-hydrogen) atoms. The number of para-hydroxylation sites is 1. The van der Waals surface area contributed by atoms with Crippen molar-refractivity contribution in [3.05, 3.63) is 83.1 Å². The van der Waals surface area contributed by atoms with Crippen molar-refractivity contribution in [3.8, 4) is 11.5 Å². The molecule has 0 spiro atoms. The van der Waals surface area contributed by atoms with Crippen LogP contribution >= 0.6 is 11.6 Å². The van der Waals surface area contributed by atoms with Crippen LogP contribution in [0.15, 0.2) is 67.0 Å². The van der Waals surface area contributed by atoms with Crippen molar-refractivity contribution >= 4 is 29.0 Å². The Kier molecular flexibility index (Phi) is 6.10. The van der Waals surface area contributed by atoms with Gasteiger partial charge in [0.25, 0.3) is 0 Å². The summed E-state index contributed by atoms with van der Waals surface area (Å²) in [5, 5.41) is 0.523. The third-order valence-electron chi connectivity index (χ3n) is 5.09. The predicted molar refractivity (Wildman–Crippen MR) is 116 cm³/mol. The number of aryl methyl sites for hydroxylation is 1. The molecule has 152 valence electrons. The molecule has 1 aliphatic heterocycles. The second-order valence-electron chi connectivity index (χ2n) is 7.20. The number of amides is 1. The Bertz CT molecular complexity index is 1070. The van der Waals surface area contributed by atoms with Gasteiger partial charge in [0, 0.05) is 42.2 Å². The third-order valence-corrected chi connectivity index (χ3v) is 5.33. The van der Waals surface area contributed by atoms with E-state index < -0.39 is 0 Å². The molecule has 4 rings (SSSR count). The number of carbonyl (C=O) groups is 2. The maximum Gasteiger partial charge on any atom is 0.227 e. The van der Waals surface area contributed by atoms with Crippen LogP contribution in [0.4, 0.5) is 5.69 Å². The number of ether oxygens (including phenoxy) is 1. The van der Waals surface area contributed by atoms with Crippen LogP contribution in [0.3, 0.4) is 0 Å². The van der Waals surface area contributed by atoms with E-state index in [0.717, 1.165) is 11.1 Å². The third kappa shape index (κ3) is 4.69. The Balaban J connectivity index is 1.46. The average molecular weight is 421 g/mol. The number of nitrogens with zero attached hydrogens (tertiary/aromatic N) is 2. The number of rotatable bonds is 6. The number of hydrogen-bond donors (Lipinski definition) is 0. The lowest BCUT2D eigenvalue weighted by atomic mass is 10.1. The van der Waals surface area contributed by atoms with Crippen LogP contribution in [0.2, 0.25) is 5.02 Å². The molecule has 0 atom stereocenters. The summed E-state index contributed by atoms with van der Waals surface area (Å²) in [7, 11) is 0. The molecule has 5 nitrogen and oxygen atoms in total. The summed E-state index contributed by atoms with van der Waals surface area (Å²) in [5.74, 6) is 1.22. The highest BCUT2D eigenvalue weighted by molar-refractivity contribution is 6.31. The van der Waals surface area contributed by atoms with Gasteiger partial charge in [-0.05, 0) is 48.4 Å². The van der Waals surface area contributed by atoms with Gasteiger partial charge < -0.3 is 9.64 Å². The van der Waals surface area contributed by atoms with Crippen molar-refractivity contribution in [2.45, 2.75) is 32.2 Å². The normalized spacial score (nSPS) is 12.4. The van der Waals surface area contributed by atoms with E-state index in [2.05, 4.69) is 4.98 Å². The van der Waals surface area contributed by atoms with E-state index >= 15 is 0 Å². The SMILES string of the molecule is O=C(CCC(=O)N1Cc2ccccc2Oc2ccc(Cl)cc21)CCc1ccncc1. The molecule has 6 heteroatoms. The molecule has 0 bridgehead atoms. The van der Waals surface area contributed by atoms with Crippen molar-refractivity contribution in [2.75, 3.05) is 4.90 Å². The molecule has 0 aliphatic carbocycles. The van der Waals surface area contributed by atoms with Crippen molar-refractivity contribution in [2.24, 2.45) is 0 Å². The highest BCUT2D eigenvalue weighted by Gasteiger charge is 2.25. The van der Waals surface area contributed by atoms with Gasteiger partial charge >= 0.3 is 0 Å².